The molecule has 1 aromatic rings. The SMILES string of the molecule is Cc1cc(C(=O)N(C)C2CCC(C)(C)CC2)ccc1NN. The lowest BCUT2D eigenvalue weighted by atomic mass is 9.75. The third kappa shape index (κ3) is 3.56. The molecular formula is C17H27N3O. The lowest BCUT2D eigenvalue weighted by Crippen LogP contribution is -2.40. The Hall–Kier alpha value is -1.55. The number of nitrogens with zero attached hydrogens (tertiary/aromatic N) is 1. The number of nitrogens with one attached hydrogen (secondary N) is 1. The van der Waals surface area contributed by atoms with Gasteiger partial charge in [0.25, 0.3) is 5.91 Å². The zero-order chi connectivity index (χ0) is 15.6. The molecule has 0 aromatic heterocycles. The quantitative estimate of drug-likeness (QED) is 0.663. The average molecular weight is 289 g/mol. The van der Waals surface area contributed by atoms with Crippen LogP contribution in [-0.4, -0.2) is 23.9 Å². The molecule has 1 aliphatic carbocycles. The summed E-state index contributed by atoms with van der Waals surface area (Å²) < 4.78 is 0. The first-order valence-corrected chi connectivity index (χ1v) is 7.68. The lowest BCUT2D eigenvalue weighted by molar-refractivity contribution is 0.0635. The van der Waals surface area contributed by atoms with Crippen LogP contribution in [0.2, 0.25) is 0 Å². The summed E-state index contributed by atoms with van der Waals surface area (Å²) in [5.41, 5.74) is 5.64. The molecule has 0 atom stereocenters. The lowest BCUT2D eigenvalue weighted by Gasteiger charge is -2.38. The van der Waals surface area contributed by atoms with Gasteiger partial charge < -0.3 is 10.3 Å². The van der Waals surface area contributed by atoms with Crippen molar-refractivity contribution in [1.29, 1.82) is 0 Å². The van der Waals surface area contributed by atoms with E-state index < -0.39 is 0 Å². The first-order chi connectivity index (χ1) is 9.84. The van der Waals surface area contributed by atoms with Gasteiger partial charge in [0, 0.05) is 18.7 Å². The number of hydrazine groups is 1. The van der Waals surface area contributed by atoms with Crippen molar-refractivity contribution in [1.82, 2.24) is 4.90 Å². The molecule has 1 amide bonds. The molecule has 116 valence electrons. The fourth-order valence-corrected chi connectivity index (χ4v) is 3.10. The molecule has 0 heterocycles. The monoisotopic (exact) mass is 289 g/mol. The van der Waals surface area contributed by atoms with Gasteiger partial charge in [-0.15, -0.1) is 0 Å². The number of rotatable bonds is 3. The van der Waals surface area contributed by atoms with Crippen LogP contribution >= 0.6 is 0 Å². The first kappa shape index (κ1) is 15.8. The third-order valence-electron chi connectivity index (χ3n) is 4.81. The zero-order valence-electron chi connectivity index (χ0n) is 13.6. The second-order valence-electron chi connectivity index (χ2n) is 6.99. The van der Waals surface area contributed by atoms with Crippen molar-refractivity contribution >= 4 is 11.6 Å². The van der Waals surface area contributed by atoms with E-state index in [-0.39, 0.29) is 5.91 Å². The van der Waals surface area contributed by atoms with Crippen LogP contribution in [-0.2, 0) is 0 Å². The molecule has 4 heteroatoms. The molecule has 3 N–H and O–H groups in total. The van der Waals surface area contributed by atoms with Gasteiger partial charge in [-0.2, -0.15) is 0 Å². The Labute approximate surface area is 127 Å². The van der Waals surface area contributed by atoms with Crippen LogP contribution in [0.15, 0.2) is 18.2 Å². The van der Waals surface area contributed by atoms with E-state index in [9.17, 15) is 4.79 Å². The van der Waals surface area contributed by atoms with E-state index in [0.29, 0.717) is 11.5 Å². The summed E-state index contributed by atoms with van der Waals surface area (Å²) in [7, 11) is 1.93. The van der Waals surface area contributed by atoms with E-state index in [1.165, 1.54) is 12.8 Å². The van der Waals surface area contributed by atoms with Crippen molar-refractivity contribution in [2.45, 2.75) is 52.5 Å². The Balaban J connectivity index is 2.07. The van der Waals surface area contributed by atoms with Crippen LogP contribution in [0.3, 0.4) is 0 Å². The van der Waals surface area contributed by atoms with Crippen molar-refractivity contribution in [2.75, 3.05) is 12.5 Å². The highest BCUT2D eigenvalue weighted by molar-refractivity contribution is 5.95. The molecule has 1 aromatic carbocycles. The number of anilines is 1. The Morgan fingerprint density at radius 3 is 2.48 bits per heavy atom. The van der Waals surface area contributed by atoms with Crippen molar-refractivity contribution in [3.05, 3.63) is 29.3 Å². The van der Waals surface area contributed by atoms with E-state index >= 15 is 0 Å². The Bertz CT molecular complexity index is 515. The number of hydrogen-bond acceptors (Lipinski definition) is 3. The van der Waals surface area contributed by atoms with E-state index in [1.54, 1.807) is 0 Å². The van der Waals surface area contributed by atoms with Crippen LogP contribution in [0.25, 0.3) is 0 Å². The highest BCUT2D eigenvalue weighted by Gasteiger charge is 2.30. The maximum atomic E-state index is 12.6. The minimum atomic E-state index is 0.103. The minimum absolute atomic E-state index is 0.103. The van der Waals surface area contributed by atoms with Crippen LogP contribution in [0.1, 0.15) is 55.5 Å². The summed E-state index contributed by atoms with van der Waals surface area (Å²) in [5, 5.41) is 0. The topological polar surface area (TPSA) is 58.4 Å². The molecule has 1 fully saturated rings. The molecule has 0 aliphatic heterocycles. The molecule has 2 rings (SSSR count). The van der Waals surface area contributed by atoms with Gasteiger partial charge in [0.05, 0.1) is 5.69 Å². The Morgan fingerprint density at radius 2 is 1.95 bits per heavy atom. The molecule has 0 spiro atoms. The molecule has 0 saturated heterocycles. The minimum Gasteiger partial charge on any atom is -0.339 e. The largest absolute Gasteiger partial charge is 0.339 e. The van der Waals surface area contributed by atoms with Gasteiger partial charge in [-0.3, -0.25) is 10.6 Å². The summed E-state index contributed by atoms with van der Waals surface area (Å²) >= 11 is 0. The number of hydrogen-bond donors (Lipinski definition) is 2. The maximum absolute atomic E-state index is 12.6. The first-order valence-electron chi connectivity index (χ1n) is 7.68. The van der Waals surface area contributed by atoms with Gasteiger partial charge in [-0.1, -0.05) is 13.8 Å². The molecule has 1 saturated carbocycles. The Morgan fingerprint density at radius 1 is 1.33 bits per heavy atom. The zero-order valence-corrected chi connectivity index (χ0v) is 13.6. The predicted molar refractivity (Wildman–Crippen MR) is 87.1 cm³/mol. The second-order valence-corrected chi connectivity index (χ2v) is 6.99. The number of carbonyl (C=O) groups excluding carboxylic acids is 1. The number of aryl methyl sites for hydroxylation is 1. The number of benzene rings is 1. The van der Waals surface area contributed by atoms with Crippen molar-refractivity contribution in [3.63, 3.8) is 0 Å². The van der Waals surface area contributed by atoms with E-state index in [0.717, 1.165) is 29.7 Å². The van der Waals surface area contributed by atoms with Crippen LogP contribution < -0.4 is 11.3 Å². The van der Waals surface area contributed by atoms with E-state index in [1.807, 2.05) is 37.1 Å². The molecule has 21 heavy (non-hydrogen) atoms. The molecule has 4 nitrogen and oxygen atoms in total. The van der Waals surface area contributed by atoms with Crippen molar-refractivity contribution < 1.29 is 4.79 Å². The summed E-state index contributed by atoms with van der Waals surface area (Å²) in [6, 6.07) is 5.97. The van der Waals surface area contributed by atoms with Gasteiger partial charge in [0.1, 0.15) is 0 Å². The number of nitrogens with two attached hydrogens (primary N) is 1. The van der Waals surface area contributed by atoms with Gasteiger partial charge in [-0.25, -0.2) is 0 Å². The fourth-order valence-electron chi connectivity index (χ4n) is 3.10. The summed E-state index contributed by atoms with van der Waals surface area (Å²) in [5.74, 6) is 5.54. The second kappa shape index (κ2) is 6.06. The smallest absolute Gasteiger partial charge is 0.253 e. The van der Waals surface area contributed by atoms with Crippen LogP contribution in [0, 0.1) is 12.3 Å². The summed E-state index contributed by atoms with van der Waals surface area (Å²) in [6.45, 7) is 6.58. The van der Waals surface area contributed by atoms with Gasteiger partial charge in [0.15, 0.2) is 0 Å². The fraction of sp³-hybridized carbons (Fsp3) is 0.588. The van der Waals surface area contributed by atoms with Crippen molar-refractivity contribution in [3.8, 4) is 0 Å². The normalized spacial score (nSPS) is 18.3. The van der Waals surface area contributed by atoms with Gasteiger partial charge >= 0.3 is 0 Å². The summed E-state index contributed by atoms with van der Waals surface area (Å²) in [4.78, 5) is 14.5. The summed E-state index contributed by atoms with van der Waals surface area (Å²) in [6.07, 6.45) is 4.56. The van der Waals surface area contributed by atoms with Crippen molar-refractivity contribution in [2.24, 2.45) is 11.3 Å². The van der Waals surface area contributed by atoms with Gasteiger partial charge in [0.2, 0.25) is 0 Å². The van der Waals surface area contributed by atoms with E-state index in [4.69, 9.17) is 5.84 Å². The standard InChI is InChI=1S/C17H27N3O/c1-12-11-13(5-6-15(12)19-18)16(21)20(4)14-7-9-17(2,3)10-8-14/h5-6,11,14,19H,7-10,18H2,1-4H3. The van der Waals surface area contributed by atoms with Gasteiger partial charge in [-0.05, 0) is 61.8 Å². The molecule has 0 bridgehead atoms. The third-order valence-corrected chi connectivity index (χ3v) is 4.81. The van der Waals surface area contributed by atoms with Crippen LogP contribution in [0.5, 0.6) is 0 Å². The number of amides is 1. The van der Waals surface area contributed by atoms with Crippen LogP contribution in [0.4, 0.5) is 5.69 Å². The Kier molecular flexibility index (Phi) is 4.57. The average Bonchev–Trinajstić information content (AvgIpc) is 2.45. The molecule has 0 radical (unpaired) electrons. The molecule has 0 unspecified atom stereocenters. The highest BCUT2D eigenvalue weighted by Crippen LogP contribution is 2.36. The highest BCUT2D eigenvalue weighted by atomic mass is 16.2. The molecular weight excluding hydrogens is 262 g/mol. The predicted octanol–water partition coefficient (Wildman–Crippen LogP) is 3.32. The number of carbonyl (C=O) groups is 1. The van der Waals surface area contributed by atoms with E-state index in [2.05, 4.69) is 19.3 Å². The number of nitrogen functional groups attached to an aromatic ring is 1. The molecule has 1 aliphatic rings. The maximum Gasteiger partial charge on any atom is 0.253 e.